The Kier molecular flexibility index (Phi) is 2.63. The summed E-state index contributed by atoms with van der Waals surface area (Å²) in [4.78, 5) is 0. The van der Waals surface area contributed by atoms with Crippen LogP contribution in [-0.2, 0) is 0 Å². The Morgan fingerprint density at radius 3 is 2.23 bits per heavy atom. The number of anilines is 1. The highest BCUT2D eigenvalue weighted by Crippen LogP contribution is 2.14. The third-order valence-electron chi connectivity index (χ3n) is 1.87. The quantitative estimate of drug-likeness (QED) is 0.678. The summed E-state index contributed by atoms with van der Waals surface area (Å²) in [7, 11) is 0. The van der Waals surface area contributed by atoms with Gasteiger partial charge in [-0.1, -0.05) is 23.6 Å². The molecule has 0 amide bonds. The SMILES string of the molecule is C#CC(C)(C)Nc1ccc(C)cc1. The molecule has 0 unspecified atom stereocenters. The second-order valence-electron chi connectivity index (χ2n) is 3.76. The van der Waals surface area contributed by atoms with E-state index in [1.165, 1.54) is 5.56 Å². The monoisotopic (exact) mass is 173 g/mol. The molecule has 0 aliphatic carbocycles. The van der Waals surface area contributed by atoms with Gasteiger partial charge in [-0.25, -0.2) is 0 Å². The van der Waals surface area contributed by atoms with Gasteiger partial charge < -0.3 is 5.32 Å². The Balaban J connectivity index is 2.77. The lowest BCUT2D eigenvalue weighted by atomic mass is 10.1. The minimum Gasteiger partial charge on any atom is -0.370 e. The molecule has 0 fully saturated rings. The molecule has 13 heavy (non-hydrogen) atoms. The van der Waals surface area contributed by atoms with Gasteiger partial charge in [-0.2, -0.15) is 0 Å². The lowest BCUT2D eigenvalue weighted by Gasteiger charge is -2.21. The molecule has 68 valence electrons. The van der Waals surface area contributed by atoms with Gasteiger partial charge in [-0.3, -0.25) is 0 Å². The molecule has 0 spiro atoms. The van der Waals surface area contributed by atoms with Gasteiger partial charge in [0.25, 0.3) is 0 Å². The molecule has 0 saturated carbocycles. The van der Waals surface area contributed by atoms with E-state index in [1.807, 2.05) is 26.0 Å². The van der Waals surface area contributed by atoms with Crippen LogP contribution >= 0.6 is 0 Å². The second-order valence-corrected chi connectivity index (χ2v) is 3.76. The fraction of sp³-hybridized carbons (Fsp3) is 0.333. The first kappa shape index (κ1) is 9.67. The summed E-state index contributed by atoms with van der Waals surface area (Å²) in [5.74, 6) is 2.69. The van der Waals surface area contributed by atoms with E-state index in [9.17, 15) is 0 Å². The summed E-state index contributed by atoms with van der Waals surface area (Å²) < 4.78 is 0. The zero-order valence-corrected chi connectivity index (χ0v) is 8.39. The first-order valence-electron chi connectivity index (χ1n) is 4.36. The molecule has 1 aromatic rings. The predicted molar refractivity (Wildman–Crippen MR) is 57.7 cm³/mol. The Labute approximate surface area is 80.2 Å². The lowest BCUT2D eigenvalue weighted by Crippen LogP contribution is -2.28. The van der Waals surface area contributed by atoms with Crippen LogP contribution in [0.5, 0.6) is 0 Å². The van der Waals surface area contributed by atoms with Gasteiger partial charge in [0.2, 0.25) is 0 Å². The molecule has 1 nitrogen and oxygen atoms in total. The topological polar surface area (TPSA) is 12.0 Å². The predicted octanol–water partition coefficient (Wildman–Crippen LogP) is 2.82. The molecular formula is C12H15N. The molecule has 0 saturated heterocycles. The van der Waals surface area contributed by atoms with Crippen molar-refractivity contribution < 1.29 is 0 Å². The standard InChI is InChI=1S/C12H15N/c1-5-12(3,4)13-11-8-6-10(2)7-9-11/h1,6-9,13H,2-4H3. The summed E-state index contributed by atoms with van der Waals surface area (Å²) in [5.41, 5.74) is 2.03. The van der Waals surface area contributed by atoms with Crippen LogP contribution in [0.25, 0.3) is 0 Å². The average Bonchev–Trinajstić information content (AvgIpc) is 2.09. The van der Waals surface area contributed by atoms with Crippen LogP contribution in [0.4, 0.5) is 5.69 Å². The smallest absolute Gasteiger partial charge is 0.0927 e. The minimum atomic E-state index is -0.282. The van der Waals surface area contributed by atoms with E-state index in [2.05, 4.69) is 30.3 Å². The van der Waals surface area contributed by atoms with E-state index in [4.69, 9.17) is 6.42 Å². The normalized spacial score (nSPS) is 10.6. The molecule has 1 heteroatoms. The van der Waals surface area contributed by atoms with Gasteiger partial charge in [0.1, 0.15) is 0 Å². The molecule has 1 aromatic carbocycles. The Hall–Kier alpha value is -1.42. The van der Waals surface area contributed by atoms with Gasteiger partial charge in [0.05, 0.1) is 5.54 Å². The van der Waals surface area contributed by atoms with Crippen molar-refractivity contribution in [2.45, 2.75) is 26.3 Å². The summed E-state index contributed by atoms with van der Waals surface area (Å²) in [5, 5.41) is 3.26. The van der Waals surface area contributed by atoms with E-state index in [-0.39, 0.29) is 5.54 Å². The first-order valence-corrected chi connectivity index (χ1v) is 4.36. The van der Waals surface area contributed by atoms with E-state index in [0.717, 1.165) is 5.69 Å². The molecule has 1 N–H and O–H groups in total. The fourth-order valence-electron chi connectivity index (χ4n) is 1.03. The van der Waals surface area contributed by atoms with Crippen molar-refractivity contribution in [3.8, 4) is 12.3 Å². The Bertz CT molecular complexity index is 314. The van der Waals surface area contributed by atoms with E-state index in [1.54, 1.807) is 0 Å². The van der Waals surface area contributed by atoms with Crippen LogP contribution in [0, 0.1) is 19.3 Å². The second kappa shape index (κ2) is 3.53. The van der Waals surface area contributed by atoms with Gasteiger partial charge in [0, 0.05) is 5.69 Å². The molecule has 0 aliphatic rings. The molecule has 0 radical (unpaired) electrons. The van der Waals surface area contributed by atoms with Crippen LogP contribution in [0.2, 0.25) is 0 Å². The fourth-order valence-corrected chi connectivity index (χ4v) is 1.03. The zero-order valence-electron chi connectivity index (χ0n) is 8.39. The molecule has 0 bridgehead atoms. The van der Waals surface area contributed by atoms with E-state index in [0.29, 0.717) is 0 Å². The van der Waals surface area contributed by atoms with Gasteiger partial charge in [-0.05, 0) is 32.9 Å². The highest BCUT2D eigenvalue weighted by Gasteiger charge is 2.11. The maximum absolute atomic E-state index is 5.37. The molecule has 0 heterocycles. The van der Waals surface area contributed by atoms with Crippen molar-refractivity contribution >= 4 is 5.69 Å². The largest absolute Gasteiger partial charge is 0.370 e. The summed E-state index contributed by atoms with van der Waals surface area (Å²) >= 11 is 0. The number of aryl methyl sites for hydroxylation is 1. The van der Waals surface area contributed by atoms with Crippen LogP contribution < -0.4 is 5.32 Å². The van der Waals surface area contributed by atoms with Crippen molar-refractivity contribution in [1.29, 1.82) is 0 Å². The van der Waals surface area contributed by atoms with Crippen LogP contribution in [0.15, 0.2) is 24.3 Å². The molecule has 0 aromatic heterocycles. The number of nitrogens with one attached hydrogen (secondary N) is 1. The number of rotatable bonds is 2. The van der Waals surface area contributed by atoms with Gasteiger partial charge >= 0.3 is 0 Å². The van der Waals surface area contributed by atoms with Crippen LogP contribution in [0.1, 0.15) is 19.4 Å². The highest BCUT2D eigenvalue weighted by atomic mass is 14.9. The Morgan fingerprint density at radius 2 is 1.77 bits per heavy atom. The summed E-state index contributed by atoms with van der Waals surface area (Å²) in [6.07, 6.45) is 5.37. The third kappa shape index (κ3) is 2.83. The summed E-state index contributed by atoms with van der Waals surface area (Å²) in [6.45, 7) is 6.02. The average molecular weight is 173 g/mol. The number of hydrogen-bond donors (Lipinski definition) is 1. The third-order valence-corrected chi connectivity index (χ3v) is 1.87. The van der Waals surface area contributed by atoms with Crippen LogP contribution in [-0.4, -0.2) is 5.54 Å². The number of benzene rings is 1. The van der Waals surface area contributed by atoms with E-state index >= 15 is 0 Å². The van der Waals surface area contributed by atoms with Crippen molar-refractivity contribution in [2.75, 3.05) is 5.32 Å². The van der Waals surface area contributed by atoms with Gasteiger partial charge in [0.15, 0.2) is 0 Å². The molecular weight excluding hydrogens is 158 g/mol. The summed E-state index contributed by atoms with van der Waals surface area (Å²) in [6, 6.07) is 8.20. The Morgan fingerprint density at radius 1 is 1.23 bits per heavy atom. The van der Waals surface area contributed by atoms with Gasteiger partial charge in [-0.15, -0.1) is 6.42 Å². The molecule has 0 atom stereocenters. The maximum Gasteiger partial charge on any atom is 0.0927 e. The molecule has 0 aliphatic heterocycles. The van der Waals surface area contributed by atoms with Crippen molar-refractivity contribution in [3.63, 3.8) is 0 Å². The minimum absolute atomic E-state index is 0.282. The van der Waals surface area contributed by atoms with Crippen molar-refractivity contribution in [3.05, 3.63) is 29.8 Å². The molecule has 1 rings (SSSR count). The number of hydrogen-bond acceptors (Lipinski definition) is 1. The lowest BCUT2D eigenvalue weighted by molar-refractivity contribution is 0.741. The maximum atomic E-state index is 5.37. The first-order chi connectivity index (χ1) is 6.03. The van der Waals surface area contributed by atoms with Crippen molar-refractivity contribution in [2.24, 2.45) is 0 Å². The zero-order chi connectivity index (χ0) is 9.90. The van der Waals surface area contributed by atoms with Crippen LogP contribution in [0.3, 0.4) is 0 Å². The van der Waals surface area contributed by atoms with Crippen molar-refractivity contribution in [1.82, 2.24) is 0 Å². The highest BCUT2D eigenvalue weighted by molar-refractivity contribution is 5.48. The number of terminal acetylenes is 1. The van der Waals surface area contributed by atoms with E-state index < -0.39 is 0 Å².